The maximum atomic E-state index is 5.25. The molecular weight excluding hydrogens is 615 g/mol. The maximum absolute atomic E-state index is 5.25. The van der Waals surface area contributed by atoms with Crippen LogP contribution in [-0.2, 0) is 6.42 Å². The Kier molecular flexibility index (Phi) is 9.54. The molecule has 0 amide bonds. The Morgan fingerprint density at radius 1 is 0.592 bits per heavy atom. The predicted molar refractivity (Wildman–Crippen MR) is 211 cm³/mol. The van der Waals surface area contributed by atoms with Crippen molar-refractivity contribution in [3.05, 3.63) is 174 Å². The van der Waals surface area contributed by atoms with Gasteiger partial charge in [0.05, 0.1) is 16.1 Å². The van der Waals surface area contributed by atoms with Crippen molar-refractivity contribution in [2.24, 2.45) is 5.84 Å². The van der Waals surface area contributed by atoms with Gasteiger partial charge < -0.3 is 4.57 Å². The lowest BCUT2D eigenvalue weighted by Crippen LogP contribution is -2.25. The van der Waals surface area contributed by atoms with Crippen LogP contribution in [0.1, 0.15) is 43.5 Å². The summed E-state index contributed by atoms with van der Waals surface area (Å²) in [5.41, 5.74) is 15.7. The van der Waals surface area contributed by atoms with Crippen molar-refractivity contribution in [2.75, 3.05) is 0 Å². The van der Waals surface area contributed by atoms with Crippen molar-refractivity contribution in [1.29, 1.82) is 0 Å². The molecule has 2 aromatic heterocycles. The molecule has 9 rings (SSSR count). The van der Waals surface area contributed by atoms with E-state index in [0.717, 1.165) is 6.42 Å². The van der Waals surface area contributed by atoms with Crippen LogP contribution in [0.2, 0.25) is 0 Å². The van der Waals surface area contributed by atoms with E-state index >= 15 is 0 Å². The minimum atomic E-state index is 0.237. The summed E-state index contributed by atoms with van der Waals surface area (Å²) in [6.45, 7) is 6.02. The summed E-state index contributed by atoms with van der Waals surface area (Å²) in [5, 5.41) is 2.75. The summed E-state index contributed by atoms with van der Waals surface area (Å²) >= 11 is 1.93. The summed E-state index contributed by atoms with van der Waals surface area (Å²) < 4.78 is 3.88. The SMILES string of the molecule is CC.CC(NN)c1ccccc1.c1ccc(-c2cccc(-n3c4c(c5cc(-c6ccccc6)ccc53)Cc3c-4sc4ccccc34)c2)cc1. The molecule has 1 aliphatic rings. The first-order chi connectivity index (χ1) is 24.2. The highest BCUT2D eigenvalue weighted by Gasteiger charge is 2.31. The second-order valence-corrected chi connectivity index (χ2v) is 13.1. The molecule has 0 spiro atoms. The minimum absolute atomic E-state index is 0.237. The first kappa shape index (κ1) is 32.3. The topological polar surface area (TPSA) is 43.0 Å². The zero-order valence-electron chi connectivity index (χ0n) is 28.2. The van der Waals surface area contributed by atoms with E-state index in [1.807, 2.05) is 62.4 Å². The molecule has 0 bridgehead atoms. The van der Waals surface area contributed by atoms with E-state index in [1.54, 1.807) is 0 Å². The van der Waals surface area contributed by atoms with Gasteiger partial charge in [-0.2, -0.15) is 0 Å². The van der Waals surface area contributed by atoms with E-state index in [-0.39, 0.29) is 6.04 Å². The zero-order valence-corrected chi connectivity index (χ0v) is 29.0. The van der Waals surface area contributed by atoms with Crippen LogP contribution in [0.4, 0.5) is 0 Å². The average molecular weight is 656 g/mol. The van der Waals surface area contributed by atoms with Gasteiger partial charge in [-0.05, 0) is 81.6 Å². The second-order valence-electron chi connectivity index (χ2n) is 12.1. The molecule has 1 unspecified atom stereocenters. The van der Waals surface area contributed by atoms with E-state index in [2.05, 4.69) is 137 Å². The summed E-state index contributed by atoms with van der Waals surface area (Å²) in [4.78, 5) is 1.42. The van der Waals surface area contributed by atoms with Gasteiger partial charge in [0.15, 0.2) is 0 Å². The lowest BCUT2D eigenvalue weighted by atomic mass is 10.0. The maximum Gasteiger partial charge on any atom is 0.0679 e. The van der Waals surface area contributed by atoms with Crippen molar-refractivity contribution in [3.63, 3.8) is 0 Å². The van der Waals surface area contributed by atoms with E-state index < -0.39 is 0 Å². The third-order valence-corrected chi connectivity index (χ3v) is 10.4. The molecule has 0 saturated carbocycles. The van der Waals surface area contributed by atoms with Crippen LogP contribution in [-0.4, -0.2) is 4.57 Å². The van der Waals surface area contributed by atoms with Gasteiger partial charge in [-0.3, -0.25) is 11.3 Å². The Labute approximate surface area is 293 Å². The predicted octanol–water partition coefficient (Wildman–Crippen LogP) is 12.0. The van der Waals surface area contributed by atoms with Crippen molar-refractivity contribution < 1.29 is 0 Å². The lowest BCUT2D eigenvalue weighted by Gasteiger charge is -2.12. The fourth-order valence-corrected chi connectivity index (χ4v) is 8.07. The van der Waals surface area contributed by atoms with Gasteiger partial charge in [0, 0.05) is 28.2 Å². The molecule has 0 radical (unpaired) electrons. The lowest BCUT2D eigenvalue weighted by molar-refractivity contribution is 0.602. The van der Waals surface area contributed by atoms with Crippen molar-refractivity contribution in [2.45, 2.75) is 33.2 Å². The third-order valence-electron chi connectivity index (χ3n) is 9.21. The number of hydrazine groups is 1. The monoisotopic (exact) mass is 655 g/mol. The van der Waals surface area contributed by atoms with Gasteiger partial charge >= 0.3 is 0 Å². The first-order valence-electron chi connectivity index (χ1n) is 17.1. The van der Waals surface area contributed by atoms with Gasteiger partial charge in [0.2, 0.25) is 0 Å². The van der Waals surface area contributed by atoms with Gasteiger partial charge in [-0.25, -0.2) is 0 Å². The van der Waals surface area contributed by atoms with Crippen molar-refractivity contribution >= 4 is 32.3 Å². The number of hydrogen-bond acceptors (Lipinski definition) is 3. The Morgan fingerprint density at radius 2 is 1.18 bits per heavy atom. The van der Waals surface area contributed by atoms with Gasteiger partial charge in [-0.15, -0.1) is 11.3 Å². The molecule has 6 aromatic carbocycles. The highest BCUT2D eigenvalue weighted by molar-refractivity contribution is 7.22. The smallest absolute Gasteiger partial charge is 0.0679 e. The molecule has 3 N–H and O–H groups in total. The summed E-state index contributed by atoms with van der Waals surface area (Å²) in [6, 6.07) is 56.6. The molecular formula is C45H41N3S. The number of aromatic nitrogens is 1. The second kappa shape index (κ2) is 14.5. The van der Waals surface area contributed by atoms with E-state index in [9.17, 15) is 0 Å². The minimum Gasteiger partial charge on any atom is -0.308 e. The number of nitrogens with one attached hydrogen (secondary N) is 1. The first-order valence-corrected chi connectivity index (χ1v) is 17.9. The molecule has 4 heteroatoms. The molecule has 1 aliphatic carbocycles. The molecule has 0 fully saturated rings. The van der Waals surface area contributed by atoms with Crippen LogP contribution in [0.3, 0.4) is 0 Å². The number of fused-ring (bicyclic) bond motifs is 7. The Morgan fingerprint density at radius 3 is 1.86 bits per heavy atom. The molecule has 49 heavy (non-hydrogen) atoms. The van der Waals surface area contributed by atoms with Gasteiger partial charge in [0.25, 0.3) is 0 Å². The molecule has 0 saturated heterocycles. The standard InChI is InChI=1S/C35H23NS.C8H12N2.C2H6/c1-3-10-23(11-4-1)25-14-9-15-27(20-25)36-32-19-18-26(24-12-5-2-6-13-24)21-29(32)30-22-31-28-16-7-8-17-33(28)37-35(31)34(30)36;1-7(10-9)8-5-3-2-4-6-8;1-2/h1-21H,22H2;2-7,10H,9H2,1H3;1-2H3. The zero-order chi connectivity index (χ0) is 33.7. The van der Waals surface area contributed by atoms with Gasteiger partial charge in [-0.1, -0.05) is 141 Å². The molecule has 3 nitrogen and oxygen atoms in total. The molecule has 8 aromatic rings. The Balaban J connectivity index is 0.000000271. The van der Waals surface area contributed by atoms with E-state index in [0.29, 0.717) is 0 Å². The van der Waals surface area contributed by atoms with Gasteiger partial charge in [0.1, 0.15) is 0 Å². The quantitative estimate of drug-likeness (QED) is 0.143. The molecule has 0 aliphatic heterocycles. The fraction of sp³-hybridized carbons (Fsp3) is 0.111. The Hall–Kier alpha value is -5.26. The van der Waals surface area contributed by atoms with E-state index in [4.69, 9.17) is 5.84 Å². The summed E-state index contributed by atoms with van der Waals surface area (Å²) in [6.07, 6.45) is 0.981. The highest BCUT2D eigenvalue weighted by Crippen LogP contribution is 2.51. The summed E-state index contributed by atoms with van der Waals surface area (Å²) in [5.74, 6) is 5.25. The normalized spacial score (nSPS) is 12.0. The Bertz CT molecular complexity index is 2320. The van der Waals surface area contributed by atoms with E-state index in [1.165, 1.54) is 76.2 Å². The van der Waals surface area contributed by atoms with Crippen LogP contribution in [0.5, 0.6) is 0 Å². The largest absolute Gasteiger partial charge is 0.308 e. The summed E-state index contributed by atoms with van der Waals surface area (Å²) in [7, 11) is 0. The molecule has 242 valence electrons. The highest BCUT2D eigenvalue weighted by atomic mass is 32.1. The average Bonchev–Trinajstić information content (AvgIpc) is 3.84. The number of nitrogens with two attached hydrogens (primary N) is 1. The number of benzene rings is 6. The van der Waals surface area contributed by atoms with Crippen LogP contribution >= 0.6 is 11.3 Å². The van der Waals surface area contributed by atoms with Crippen LogP contribution in [0.25, 0.3) is 59.5 Å². The van der Waals surface area contributed by atoms with Crippen LogP contribution in [0.15, 0.2) is 158 Å². The number of nitrogens with zero attached hydrogens (tertiary/aromatic N) is 1. The fourth-order valence-electron chi connectivity index (χ4n) is 6.79. The number of hydrogen-bond donors (Lipinski definition) is 2. The molecule has 1 atom stereocenters. The van der Waals surface area contributed by atoms with Crippen LogP contribution in [0, 0.1) is 0 Å². The number of rotatable bonds is 5. The third kappa shape index (κ3) is 6.23. The van der Waals surface area contributed by atoms with Crippen molar-refractivity contribution in [1.82, 2.24) is 9.99 Å². The molecule has 2 heterocycles. The van der Waals surface area contributed by atoms with Crippen molar-refractivity contribution in [3.8, 4) is 38.5 Å². The van der Waals surface area contributed by atoms with Crippen LogP contribution < -0.4 is 11.3 Å². The number of thiophene rings is 1.